The van der Waals surface area contributed by atoms with E-state index in [0.717, 1.165) is 28.1 Å². The van der Waals surface area contributed by atoms with Gasteiger partial charge in [-0.3, -0.25) is 19.3 Å². The van der Waals surface area contributed by atoms with Crippen molar-refractivity contribution in [3.8, 4) is 0 Å². The second-order valence-corrected chi connectivity index (χ2v) is 10.7. The molecule has 1 atom stereocenters. The van der Waals surface area contributed by atoms with Crippen molar-refractivity contribution in [2.75, 3.05) is 18.0 Å². The van der Waals surface area contributed by atoms with Crippen molar-refractivity contribution in [2.24, 2.45) is 0 Å². The van der Waals surface area contributed by atoms with E-state index in [1.165, 1.54) is 28.7 Å². The molecule has 0 radical (unpaired) electrons. The molecule has 37 heavy (non-hydrogen) atoms. The highest BCUT2D eigenvalue weighted by molar-refractivity contribution is 14.1. The number of amides is 3. The number of hydrogen-bond acceptors (Lipinski definition) is 4. The fourth-order valence-electron chi connectivity index (χ4n) is 5.23. The Morgan fingerprint density at radius 3 is 2.24 bits per heavy atom. The average molecular weight is 611 g/mol. The molecule has 2 aliphatic rings. The largest absolute Gasteiger partial charge is 0.323 e. The zero-order valence-corrected chi connectivity index (χ0v) is 22.4. The first-order valence-corrected chi connectivity index (χ1v) is 13.5. The first-order chi connectivity index (χ1) is 17.9. The van der Waals surface area contributed by atoms with Crippen LogP contribution in [0.25, 0.3) is 0 Å². The van der Waals surface area contributed by atoms with Crippen LogP contribution in [0.3, 0.4) is 0 Å². The van der Waals surface area contributed by atoms with Gasteiger partial charge in [0.25, 0.3) is 11.8 Å². The van der Waals surface area contributed by atoms with Crippen LogP contribution in [-0.2, 0) is 16.1 Å². The first-order valence-electron chi connectivity index (χ1n) is 12.4. The quantitative estimate of drug-likeness (QED) is 0.295. The normalized spacial score (nSPS) is 18.9. The molecule has 0 aliphatic carbocycles. The van der Waals surface area contributed by atoms with Crippen molar-refractivity contribution in [1.29, 1.82) is 0 Å². The van der Waals surface area contributed by atoms with E-state index >= 15 is 0 Å². The number of nitrogens with zero attached hydrogens (tertiary/aromatic N) is 3. The lowest BCUT2D eigenvalue weighted by Gasteiger charge is -2.40. The first kappa shape index (κ1) is 25.5. The lowest BCUT2D eigenvalue weighted by molar-refractivity contribution is -0.123. The number of hydrogen-bond donors (Lipinski definition) is 0. The van der Waals surface area contributed by atoms with Gasteiger partial charge >= 0.3 is 0 Å². The van der Waals surface area contributed by atoms with Crippen molar-refractivity contribution in [1.82, 2.24) is 9.80 Å². The lowest BCUT2D eigenvalue weighted by Crippen LogP contribution is -2.54. The molecule has 2 fully saturated rings. The number of benzene rings is 3. The Hall–Kier alpha value is -3.11. The van der Waals surface area contributed by atoms with Crippen LogP contribution in [0.5, 0.6) is 0 Å². The predicted octanol–water partition coefficient (Wildman–Crippen LogP) is 4.87. The Kier molecular flexibility index (Phi) is 7.66. The SMILES string of the molecule is O=C1CC(N(C(=O)c2ccccc2F)C2CCN(Cc3ccccc3)CC2)C(=O)N1c1ccc(I)cc1. The molecule has 0 N–H and O–H groups in total. The number of carbonyl (C=O) groups excluding carboxylic acids is 3. The molecule has 2 saturated heterocycles. The maximum atomic E-state index is 14.7. The highest BCUT2D eigenvalue weighted by Crippen LogP contribution is 2.31. The summed E-state index contributed by atoms with van der Waals surface area (Å²) < 4.78 is 15.7. The molecule has 2 aliphatic heterocycles. The molecule has 3 aromatic rings. The van der Waals surface area contributed by atoms with Crippen molar-refractivity contribution in [2.45, 2.75) is 37.9 Å². The molecule has 1 unspecified atom stereocenters. The molecule has 8 heteroatoms. The van der Waals surface area contributed by atoms with Crippen LogP contribution in [0.15, 0.2) is 78.9 Å². The predicted molar refractivity (Wildman–Crippen MR) is 147 cm³/mol. The number of piperidine rings is 1. The number of likely N-dealkylation sites (tertiary alicyclic amines) is 1. The molecule has 5 rings (SSSR count). The summed E-state index contributed by atoms with van der Waals surface area (Å²) in [7, 11) is 0. The number of halogens is 2. The van der Waals surface area contributed by atoms with E-state index < -0.39 is 23.7 Å². The summed E-state index contributed by atoms with van der Waals surface area (Å²) in [5, 5.41) is 0. The van der Waals surface area contributed by atoms with Crippen LogP contribution in [0.1, 0.15) is 35.2 Å². The van der Waals surface area contributed by atoms with Crippen molar-refractivity contribution >= 4 is 46.0 Å². The van der Waals surface area contributed by atoms with Gasteiger partial charge in [0.2, 0.25) is 5.91 Å². The summed E-state index contributed by atoms with van der Waals surface area (Å²) in [4.78, 5) is 45.4. The maximum Gasteiger partial charge on any atom is 0.257 e. The van der Waals surface area contributed by atoms with E-state index in [0.29, 0.717) is 18.5 Å². The van der Waals surface area contributed by atoms with Crippen LogP contribution in [0, 0.1) is 9.39 Å². The van der Waals surface area contributed by atoms with Gasteiger partial charge in [0, 0.05) is 29.2 Å². The molecule has 2 heterocycles. The van der Waals surface area contributed by atoms with E-state index in [2.05, 4.69) is 39.6 Å². The molecule has 190 valence electrons. The lowest BCUT2D eigenvalue weighted by atomic mass is 9.98. The molecule has 0 aromatic heterocycles. The average Bonchev–Trinajstić information content (AvgIpc) is 3.20. The van der Waals surface area contributed by atoms with Crippen LogP contribution >= 0.6 is 22.6 Å². The van der Waals surface area contributed by atoms with Gasteiger partial charge in [-0.2, -0.15) is 0 Å². The third-order valence-electron chi connectivity index (χ3n) is 7.08. The summed E-state index contributed by atoms with van der Waals surface area (Å²) in [6.45, 7) is 2.27. The van der Waals surface area contributed by atoms with Crippen LogP contribution in [0.4, 0.5) is 10.1 Å². The van der Waals surface area contributed by atoms with E-state index in [1.807, 2.05) is 30.3 Å². The third kappa shape index (κ3) is 5.45. The summed E-state index contributed by atoms with van der Waals surface area (Å²) in [6, 6.07) is 21.9. The highest BCUT2D eigenvalue weighted by atomic mass is 127. The number of imide groups is 1. The van der Waals surface area contributed by atoms with Gasteiger partial charge in [0.05, 0.1) is 17.7 Å². The van der Waals surface area contributed by atoms with Crippen molar-refractivity contribution in [3.63, 3.8) is 0 Å². The molecule has 0 bridgehead atoms. The highest BCUT2D eigenvalue weighted by Gasteiger charge is 2.47. The molecule has 3 aromatic carbocycles. The second-order valence-electron chi connectivity index (χ2n) is 9.45. The standard InChI is InChI=1S/C29H27FIN3O3/c30-25-9-5-4-8-24(25)28(36)33(23-14-16-32(17-15-23)19-20-6-2-1-3-7-20)26-18-27(35)34(29(26)37)22-12-10-21(31)11-13-22/h1-13,23,26H,14-19H2. The minimum absolute atomic E-state index is 0.0813. The molecule has 3 amide bonds. The minimum Gasteiger partial charge on any atom is -0.323 e. The Bertz CT molecular complexity index is 1290. The number of anilines is 1. The zero-order valence-electron chi connectivity index (χ0n) is 20.2. The minimum atomic E-state index is -0.968. The smallest absolute Gasteiger partial charge is 0.257 e. The Morgan fingerprint density at radius 1 is 0.919 bits per heavy atom. The van der Waals surface area contributed by atoms with Gasteiger partial charge < -0.3 is 4.90 Å². The van der Waals surface area contributed by atoms with Crippen molar-refractivity contribution < 1.29 is 18.8 Å². The van der Waals surface area contributed by atoms with Gasteiger partial charge in [-0.1, -0.05) is 42.5 Å². The monoisotopic (exact) mass is 611 g/mol. The summed E-state index contributed by atoms with van der Waals surface area (Å²) in [5.41, 5.74) is 1.61. The summed E-state index contributed by atoms with van der Waals surface area (Å²) in [6.07, 6.45) is 1.15. The topological polar surface area (TPSA) is 60.9 Å². The van der Waals surface area contributed by atoms with Crippen LogP contribution in [0.2, 0.25) is 0 Å². The zero-order chi connectivity index (χ0) is 25.9. The van der Waals surface area contributed by atoms with Gasteiger partial charge in [-0.25, -0.2) is 9.29 Å². The number of carbonyl (C=O) groups is 3. The summed E-state index contributed by atoms with van der Waals surface area (Å²) in [5.74, 6) is -1.98. The molecule has 0 spiro atoms. The molecule has 6 nitrogen and oxygen atoms in total. The second kappa shape index (κ2) is 11.1. The van der Waals surface area contributed by atoms with E-state index in [9.17, 15) is 18.8 Å². The Morgan fingerprint density at radius 2 is 1.57 bits per heavy atom. The third-order valence-corrected chi connectivity index (χ3v) is 7.80. The van der Waals surface area contributed by atoms with E-state index in [4.69, 9.17) is 0 Å². The summed E-state index contributed by atoms with van der Waals surface area (Å²) >= 11 is 2.16. The van der Waals surface area contributed by atoms with Crippen LogP contribution in [-0.4, -0.2) is 52.7 Å². The molecular formula is C29H27FIN3O3. The van der Waals surface area contributed by atoms with Gasteiger partial charge in [0.15, 0.2) is 0 Å². The molecule has 0 saturated carbocycles. The maximum absolute atomic E-state index is 14.7. The molecular weight excluding hydrogens is 584 g/mol. The fourth-order valence-corrected chi connectivity index (χ4v) is 5.59. The van der Waals surface area contributed by atoms with E-state index in [1.54, 1.807) is 18.2 Å². The van der Waals surface area contributed by atoms with Gasteiger partial charge in [0.1, 0.15) is 11.9 Å². The fraction of sp³-hybridized carbons (Fsp3) is 0.276. The van der Waals surface area contributed by atoms with E-state index in [-0.39, 0.29) is 23.9 Å². The Balaban J connectivity index is 1.40. The number of rotatable bonds is 6. The van der Waals surface area contributed by atoms with Gasteiger partial charge in [-0.15, -0.1) is 0 Å². The Labute approximate surface area is 229 Å². The van der Waals surface area contributed by atoms with Gasteiger partial charge in [-0.05, 0) is 77.4 Å². The van der Waals surface area contributed by atoms with Crippen molar-refractivity contribution in [3.05, 3.63) is 99.4 Å². The van der Waals surface area contributed by atoms with Crippen LogP contribution < -0.4 is 4.90 Å².